The number of pyridine rings is 1. The molecule has 2 aromatic rings. The Hall–Kier alpha value is -3.47. The number of anilines is 1. The number of rotatable bonds is 4. The molecule has 1 aromatic carbocycles. The number of benzene rings is 1. The van der Waals surface area contributed by atoms with Crippen molar-refractivity contribution in [2.45, 2.75) is 37.8 Å². The molecule has 2 aliphatic rings. The number of carbonyl (C=O) groups is 1. The highest BCUT2D eigenvalue weighted by molar-refractivity contribution is 5.89. The van der Waals surface area contributed by atoms with Crippen molar-refractivity contribution in [1.82, 2.24) is 10.3 Å². The molecule has 2 N–H and O–H groups in total. The summed E-state index contributed by atoms with van der Waals surface area (Å²) in [5.41, 5.74) is 1.17. The number of hydrogen-bond acceptors (Lipinski definition) is 6. The van der Waals surface area contributed by atoms with Gasteiger partial charge in [0.05, 0.1) is 5.56 Å². The summed E-state index contributed by atoms with van der Waals surface area (Å²) in [5.74, 6) is 1.84. The van der Waals surface area contributed by atoms with Gasteiger partial charge in [-0.1, -0.05) is 0 Å². The monoisotopic (exact) mass is 380 g/mol. The molecule has 2 heterocycles. The number of urea groups is 1. The van der Waals surface area contributed by atoms with E-state index in [2.05, 4.69) is 15.6 Å². The van der Waals surface area contributed by atoms with E-state index in [1.165, 1.54) is 6.20 Å². The summed E-state index contributed by atoms with van der Waals surface area (Å²) in [6.07, 6.45) is 4.89. The third-order valence-electron chi connectivity index (χ3n) is 4.79. The molecule has 1 fully saturated rings. The van der Waals surface area contributed by atoms with E-state index in [0.717, 1.165) is 25.7 Å². The quantitative estimate of drug-likeness (QED) is 0.844. The molecule has 144 valence electrons. The largest absolute Gasteiger partial charge is 0.474 e. The molecule has 28 heavy (non-hydrogen) atoms. The Morgan fingerprint density at radius 3 is 2.71 bits per heavy atom. The molecule has 1 saturated carbocycles. The number of carbonyl (C=O) groups excluding carboxylic acids is 1. The van der Waals surface area contributed by atoms with Gasteiger partial charge in [-0.2, -0.15) is 5.26 Å². The Bertz CT molecular complexity index is 886. The molecular formula is C20H20N4O4. The molecular weight excluding hydrogens is 360 g/mol. The SMILES string of the molecule is N#Cc1ccc(OC2CCC(NC(=O)Nc3ccc4c(c3)OCO4)CC2)nc1. The molecule has 8 nitrogen and oxygen atoms in total. The van der Waals surface area contributed by atoms with Gasteiger partial charge in [0.25, 0.3) is 0 Å². The first-order valence-electron chi connectivity index (χ1n) is 9.19. The predicted molar refractivity (Wildman–Crippen MR) is 100 cm³/mol. The third-order valence-corrected chi connectivity index (χ3v) is 4.79. The van der Waals surface area contributed by atoms with Crippen LogP contribution in [0.25, 0.3) is 0 Å². The Morgan fingerprint density at radius 1 is 1.14 bits per heavy atom. The van der Waals surface area contributed by atoms with Crippen molar-refractivity contribution >= 4 is 11.7 Å². The Labute approximate surface area is 162 Å². The van der Waals surface area contributed by atoms with Crippen LogP contribution in [0.4, 0.5) is 10.5 Å². The van der Waals surface area contributed by atoms with Crippen molar-refractivity contribution < 1.29 is 19.0 Å². The molecule has 0 unspecified atom stereocenters. The van der Waals surface area contributed by atoms with Crippen LogP contribution in [0.5, 0.6) is 17.4 Å². The van der Waals surface area contributed by atoms with Gasteiger partial charge in [-0.15, -0.1) is 0 Å². The molecule has 0 bridgehead atoms. The minimum atomic E-state index is -0.239. The number of ether oxygens (including phenoxy) is 3. The van der Waals surface area contributed by atoms with E-state index < -0.39 is 0 Å². The topological polar surface area (TPSA) is 106 Å². The molecule has 1 aromatic heterocycles. The second-order valence-electron chi connectivity index (χ2n) is 6.75. The van der Waals surface area contributed by atoms with Crippen LogP contribution in [0, 0.1) is 11.3 Å². The molecule has 1 aliphatic carbocycles. The zero-order valence-corrected chi connectivity index (χ0v) is 15.2. The minimum absolute atomic E-state index is 0.0652. The first kappa shape index (κ1) is 17.9. The van der Waals surface area contributed by atoms with Crippen LogP contribution in [0.15, 0.2) is 36.5 Å². The average Bonchev–Trinajstić information content (AvgIpc) is 3.18. The molecule has 2 amide bonds. The summed E-state index contributed by atoms with van der Waals surface area (Å²) < 4.78 is 16.5. The van der Waals surface area contributed by atoms with Crippen molar-refractivity contribution in [3.63, 3.8) is 0 Å². The molecule has 4 rings (SSSR count). The minimum Gasteiger partial charge on any atom is -0.474 e. The van der Waals surface area contributed by atoms with Gasteiger partial charge in [0.2, 0.25) is 12.7 Å². The maximum absolute atomic E-state index is 12.3. The zero-order valence-electron chi connectivity index (χ0n) is 15.2. The number of aromatic nitrogens is 1. The lowest BCUT2D eigenvalue weighted by Gasteiger charge is -2.29. The number of nitrogens with zero attached hydrogens (tertiary/aromatic N) is 2. The Kier molecular flexibility index (Phi) is 5.15. The maximum Gasteiger partial charge on any atom is 0.319 e. The lowest BCUT2D eigenvalue weighted by molar-refractivity contribution is 0.135. The molecule has 0 saturated heterocycles. The van der Waals surface area contributed by atoms with E-state index in [4.69, 9.17) is 19.5 Å². The van der Waals surface area contributed by atoms with E-state index in [9.17, 15) is 4.79 Å². The molecule has 0 radical (unpaired) electrons. The van der Waals surface area contributed by atoms with Crippen molar-refractivity contribution in [2.24, 2.45) is 0 Å². The average molecular weight is 380 g/mol. The second-order valence-corrected chi connectivity index (χ2v) is 6.75. The number of fused-ring (bicyclic) bond motifs is 1. The van der Waals surface area contributed by atoms with E-state index in [0.29, 0.717) is 28.6 Å². The summed E-state index contributed by atoms with van der Waals surface area (Å²) in [6, 6.07) is 10.6. The van der Waals surface area contributed by atoms with Gasteiger partial charge >= 0.3 is 6.03 Å². The fourth-order valence-electron chi connectivity index (χ4n) is 3.34. The van der Waals surface area contributed by atoms with Gasteiger partial charge in [-0.05, 0) is 43.9 Å². The normalized spacial score (nSPS) is 20.1. The summed E-state index contributed by atoms with van der Waals surface area (Å²) in [5, 5.41) is 14.6. The number of nitriles is 1. The van der Waals surface area contributed by atoms with Crippen LogP contribution in [0.1, 0.15) is 31.2 Å². The lowest BCUT2D eigenvalue weighted by Crippen LogP contribution is -2.41. The van der Waals surface area contributed by atoms with Crippen LogP contribution in [0.3, 0.4) is 0 Å². The highest BCUT2D eigenvalue weighted by Crippen LogP contribution is 2.34. The van der Waals surface area contributed by atoms with Gasteiger partial charge in [0.1, 0.15) is 12.2 Å². The first-order chi connectivity index (χ1) is 13.7. The number of hydrogen-bond donors (Lipinski definition) is 2. The summed E-state index contributed by atoms with van der Waals surface area (Å²) >= 11 is 0. The van der Waals surface area contributed by atoms with Crippen LogP contribution in [-0.2, 0) is 0 Å². The van der Waals surface area contributed by atoms with Gasteiger partial charge in [-0.25, -0.2) is 9.78 Å². The molecule has 0 spiro atoms. The summed E-state index contributed by atoms with van der Waals surface area (Å²) in [7, 11) is 0. The van der Waals surface area contributed by atoms with Crippen molar-refractivity contribution in [1.29, 1.82) is 5.26 Å². The summed E-state index contributed by atoms with van der Waals surface area (Å²) in [6.45, 7) is 0.203. The van der Waals surface area contributed by atoms with Gasteiger partial charge in [0.15, 0.2) is 11.5 Å². The van der Waals surface area contributed by atoms with Crippen LogP contribution >= 0.6 is 0 Å². The van der Waals surface area contributed by atoms with Crippen molar-refractivity contribution in [2.75, 3.05) is 12.1 Å². The second kappa shape index (κ2) is 8.05. The molecule has 1 aliphatic heterocycles. The lowest BCUT2D eigenvalue weighted by atomic mass is 9.93. The molecule has 0 atom stereocenters. The number of nitrogens with one attached hydrogen (secondary N) is 2. The maximum atomic E-state index is 12.3. The van der Waals surface area contributed by atoms with E-state index in [1.807, 2.05) is 6.07 Å². The van der Waals surface area contributed by atoms with Gasteiger partial charge in [-0.3, -0.25) is 0 Å². The van der Waals surface area contributed by atoms with E-state index >= 15 is 0 Å². The van der Waals surface area contributed by atoms with E-state index in [1.54, 1.807) is 30.3 Å². The predicted octanol–water partition coefficient (Wildman–Crippen LogP) is 3.19. The third kappa shape index (κ3) is 4.26. The molecule has 8 heteroatoms. The Balaban J connectivity index is 1.22. The van der Waals surface area contributed by atoms with Crippen LogP contribution in [0.2, 0.25) is 0 Å². The smallest absolute Gasteiger partial charge is 0.319 e. The standard InChI is InChI=1S/C20H20N4O4/c21-10-13-1-8-19(22-11-13)28-16-5-2-14(3-6-16)23-20(25)24-15-4-7-17-18(9-15)27-12-26-17/h1,4,7-9,11,14,16H,2-3,5-6,12H2,(H2,23,24,25). The zero-order chi connectivity index (χ0) is 19.3. The van der Waals surface area contributed by atoms with Gasteiger partial charge in [0, 0.05) is 30.1 Å². The van der Waals surface area contributed by atoms with Crippen LogP contribution in [-0.4, -0.2) is 30.0 Å². The number of amides is 2. The fourth-order valence-corrected chi connectivity index (χ4v) is 3.34. The van der Waals surface area contributed by atoms with E-state index in [-0.39, 0.29) is 25.0 Å². The fraction of sp³-hybridized carbons (Fsp3) is 0.350. The summed E-state index contributed by atoms with van der Waals surface area (Å²) in [4.78, 5) is 16.4. The van der Waals surface area contributed by atoms with Crippen molar-refractivity contribution in [3.8, 4) is 23.4 Å². The highest BCUT2D eigenvalue weighted by Gasteiger charge is 2.24. The van der Waals surface area contributed by atoms with Gasteiger partial charge < -0.3 is 24.8 Å². The highest BCUT2D eigenvalue weighted by atomic mass is 16.7. The van der Waals surface area contributed by atoms with Crippen molar-refractivity contribution in [3.05, 3.63) is 42.1 Å². The Morgan fingerprint density at radius 2 is 1.96 bits per heavy atom. The first-order valence-corrected chi connectivity index (χ1v) is 9.19. The van der Waals surface area contributed by atoms with Crippen LogP contribution < -0.4 is 24.8 Å².